The molecule has 6 nitrogen and oxygen atoms in total. The van der Waals surface area contributed by atoms with E-state index in [1.165, 1.54) is 0 Å². The van der Waals surface area contributed by atoms with Crippen molar-refractivity contribution in [1.29, 1.82) is 0 Å². The molecular formula is C21H18N2O4. The van der Waals surface area contributed by atoms with E-state index in [1.54, 1.807) is 11.5 Å². The van der Waals surface area contributed by atoms with Crippen LogP contribution < -0.4 is 5.56 Å². The zero-order chi connectivity index (χ0) is 18.8. The van der Waals surface area contributed by atoms with Gasteiger partial charge in [-0.1, -0.05) is 25.1 Å². The molecule has 136 valence electrons. The summed E-state index contributed by atoms with van der Waals surface area (Å²) in [6.45, 7) is 2.16. The van der Waals surface area contributed by atoms with Gasteiger partial charge in [0.25, 0.3) is 5.56 Å². The summed E-state index contributed by atoms with van der Waals surface area (Å²) in [6, 6.07) is 11.7. The summed E-state index contributed by atoms with van der Waals surface area (Å²) in [5.74, 6) is -0.496. The molecule has 0 amide bonds. The van der Waals surface area contributed by atoms with Crippen molar-refractivity contribution in [2.24, 2.45) is 0 Å². The lowest BCUT2D eigenvalue weighted by molar-refractivity contribution is -0.149. The fraction of sp³-hybridized carbons (Fsp3) is 0.286. The third-order valence-corrected chi connectivity index (χ3v) is 5.63. The van der Waals surface area contributed by atoms with Gasteiger partial charge >= 0.3 is 5.97 Å². The van der Waals surface area contributed by atoms with Crippen LogP contribution in [0.1, 0.15) is 36.5 Å². The second-order valence-corrected chi connectivity index (χ2v) is 7.23. The summed E-state index contributed by atoms with van der Waals surface area (Å²) in [4.78, 5) is 30.0. The fourth-order valence-corrected chi connectivity index (χ4v) is 4.17. The summed E-state index contributed by atoms with van der Waals surface area (Å²) >= 11 is 0. The summed E-state index contributed by atoms with van der Waals surface area (Å²) in [7, 11) is 0. The number of pyridine rings is 2. The van der Waals surface area contributed by atoms with Gasteiger partial charge in [0.05, 0.1) is 35.4 Å². The molecule has 0 aliphatic carbocycles. The van der Waals surface area contributed by atoms with E-state index in [0.717, 1.165) is 22.2 Å². The summed E-state index contributed by atoms with van der Waals surface area (Å²) in [6.07, 6.45) is 0.0545. The molecule has 0 fully saturated rings. The highest BCUT2D eigenvalue weighted by molar-refractivity contribution is 5.84. The van der Waals surface area contributed by atoms with E-state index < -0.39 is 11.6 Å². The molecule has 2 aromatic heterocycles. The lowest BCUT2D eigenvalue weighted by Crippen LogP contribution is -2.37. The van der Waals surface area contributed by atoms with Crippen LogP contribution in [0.3, 0.4) is 0 Å². The first kappa shape index (κ1) is 16.2. The number of hydrogen-bond donors (Lipinski definition) is 1. The Morgan fingerprint density at radius 2 is 2.04 bits per heavy atom. The molecule has 1 unspecified atom stereocenters. The van der Waals surface area contributed by atoms with Gasteiger partial charge in [-0.15, -0.1) is 0 Å². The molecule has 2 aliphatic rings. The predicted molar refractivity (Wildman–Crippen MR) is 99.1 cm³/mol. The van der Waals surface area contributed by atoms with Gasteiger partial charge in [0.1, 0.15) is 12.2 Å². The van der Waals surface area contributed by atoms with Crippen molar-refractivity contribution in [2.45, 2.75) is 38.5 Å². The second-order valence-electron chi connectivity index (χ2n) is 7.23. The number of rotatable bonds is 1. The minimum atomic E-state index is -1.51. The van der Waals surface area contributed by atoms with E-state index in [4.69, 9.17) is 9.72 Å². The van der Waals surface area contributed by atoms with Gasteiger partial charge < -0.3 is 14.4 Å². The molecule has 4 heterocycles. The van der Waals surface area contributed by atoms with E-state index in [-0.39, 0.29) is 30.6 Å². The Balaban J connectivity index is 1.78. The first-order valence-electron chi connectivity index (χ1n) is 9.04. The van der Waals surface area contributed by atoms with Gasteiger partial charge in [0, 0.05) is 16.5 Å². The van der Waals surface area contributed by atoms with Crippen molar-refractivity contribution in [3.05, 3.63) is 63.4 Å². The standard InChI is InChI=1S/C21H18N2O4/c1-2-21(26)9-17(24)27-11-14-8-16-19-13(10-23(16)20(25)18(14)21)7-12-5-3-4-6-15(12)22-19/h3-8,26H,2,9-11H2,1H3. The van der Waals surface area contributed by atoms with Crippen LogP contribution in [0.5, 0.6) is 0 Å². The van der Waals surface area contributed by atoms with Crippen molar-refractivity contribution in [3.63, 3.8) is 0 Å². The van der Waals surface area contributed by atoms with Crippen molar-refractivity contribution in [1.82, 2.24) is 9.55 Å². The van der Waals surface area contributed by atoms with Gasteiger partial charge in [0.15, 0.2) is 0 Å². The minimum absolute atomic E-state index is 0.0114. The molecule has 0 saturated carbocycles. The molecule has 5 rings (SSSR count). The monoisotopic (exact) mass is 362 g/mol. The number of esters is 1. The van der Waals surface area contributed by atoms with Gasteiger partial charge in [0.2, 0.25) is 0 Å². The van der Waals surface area contributed by atoms with Crippen molar-refractivity contribution in [2.75, 3.05) is 0 Å². The van der Waals surface area contributed by atoms with Crippen LogP contribution >= 0.6 is 0 Å². The Labute approximate surface area is 155 Å². The van der Waals surface area contributed by atoms with Crippen molar-refractivity contribution >= 4 is 16.9 Å². The van der Waals surface area contributed by atoms with E-state index in [9.17, 15) is 14.7 Å². The number of carbonyl (C=O) groups excluding carboxylic acids is 1. The van der Waals surface area contributed by atoms with Crippen molar-refractivity contribution < 1.29 is 14.6 Å². The first-order valence-corrected chi connectivity index (χ1v) is 9.04. The predicted octanol–water partition coefficient (Wildman–Crippen LogP) is 2.47. The second kappa shape index (κ2) is 5.50. The van der Waals surface area contributed by atoms with E-state index in [2.05, 4.69) is 6.07 Å². The topological polar surface area (TPSA) is 81.4 Å². The van der Waals surface area contributed by atoms with Gasteiger partial charge in [-0.25, -0.2) is 4.98 Å². The quantitative estimate of drug-likeness (QED) is 0.526. The van der Waals surface area contributed by atoms with Crippen LogP contribution in [-0.4, -0.2) is 20.6 Å². The number of hydrogen-bond acceptors (Lipinski definition) is 5. The molecule has 3 aromatic rings. The molecule has 1 N–H and O–H groups in total. The van der Waals surface area contributed by atoms with Crippen LogP contribution in [-0.2, 0) is 28.3 Å². The molecule has 0 radical (unpaired) electrons. The Bertz CT molecular complexity index is 1180. The number of aromatic nitrogens is 2. The third kappa shape index (κ3) is 2.26. The average molecular weight is 362 g/mol. The Kier molecular flexibility index (Phi) is 3.30. The lowest BCUT2D eigenvalue weighted by Gasteiger charge is -2.25. The Morgan fingerprint density at radius 1 is 1.22 bits per heavy atom. The van der Waals surface area contributed by atoms with E-state index in [0.29, 0.717) is 17.8 Å². The summed E-state index contributed by atoms with van der Waals surface area (Å²) in [5.41, 5.74) is 2.37. The highest BCUT2D eigenvalue weighted by Gasteiger charge is 2.40. The maximum Gasteiger partial charge on any atom is 0.309 e. The number of aliphatic hydroxyl groups is 1. The Morgan fingerprint density at radius 3 is 2.85 bits per heavy atom. The average Bonchev–Trinajstić information content (AvgIpc) is 2.95. The Hall–Kier alpha value is -2.99. The number of nitrogens with zero attached hydrogens (tertiary/aromatic N) is 2. The number of benzene rings is 1. The van der Waals surface area contributed by atoms with Crippen molar-refractivity contribution in [3.8, 4) is 11.4 Å². The molecule has 6 heteroatoms. The molecule has 0 bridgehead atoms. The highest BCUT2D eigenvalue weighted by Crippen LogP contribution is 2.37. The normalized spacial score (nSPS) is 20.6. The van der Waals surface area contributed by atoms with Gasteiger partial charge in [-0.2, -0.15) is 0 Å². The van der Waals surface area contributed by atoms with Gasteiger partial charge in [-0.05, 0) is 24.6 Å². The van der Waals surface area contributed by atoms with Crippen LogP contribution in [0.15, 0.2) is 41.2 Å². The molecule has 1 atom stereocenters. The van der Waals surface area contributed by atoms with Crippen LogP contribution in [0.4, 0.5) is 0 Å². The number of para-hydroxylation sites is 1. The number of fused-ring (bicyclic) bond motifs is 5. The summed E-state index contributed by atoms with van der Waals surface area (Å²) < 4.78 is 6.88. The molecule has 0 spiro atoms. The van der Waals surface area contributed by atoms with E-state index >= 15 is 0 Å². The number of ether oxygens (including phenoxy) is 1. The SMILES string of the molecule is CCC1(O)CC(=O)OCc2cc3n(c(=O)c21)Cc1cc2ccccc2nc1-3. The zero-order valence-corrected chi connectivity index (χ0v) is 14.9. The smallest absolute Gasteiger partial charge is 0.309 e. The molecule has 1 aromatic carbocycles. The molecule has 27 heavy (non-hydrogen) atoms. The lowest BCUT2D eigenvalue weighted by atomic mass is 9.86. The number of carbonyl (C=O) groups is 1. The largest absolute Gasteiger partial charge is 0.461 e. The highest BCUT2D eigenvalue weighted by atomic mass is 16.5. The maximum atomic E-state index is 13.3. The summed E-state index contributed by atoms with van der Waals surface area (Å²) in [5, 5.41) is 12.1. The van der Waals surface area contributed by atoms with Crippen LogP contribution in [0.25, 0.3) is 22.3 Å². The minimum Gasteiger partial charge on any atom is -0.461 e. The third-order valence-electron chi connectivity index (χ3n) is 5.63. The maximum absolute atomic E-state index is 13.3. The number of cyclic esters (lactones) is 1. The van der Waals surface area contributed by atoms with Gasteiger partial charge in [-0.3, -0.25) is 9.59 Å². The molecule has 2 aliphatic heterocycles. The first-order chi connectivity index (χ1) is 13.0. The van der Waals surface area contributed by atoms with Crippen LogP contribution in [0, 0.1) is 0 Å². The molecule has 0 saturated heterocycles. The van der Waals surface area contributed by atoms with E-state index in [1.807, 2.05) is 30.3 Å². The fourth-order valence-electron chi connectivity index (χ4n) is 4.17. The van der Waals surface area contributed by atoms with Crippen LogP contribution in [0.2, 0.25) is 0 Å². The zero-order valence-electron chi connectivity index (χ0n) is 14.9. The molecular weight excluding hydrogens is 344 g/mol.